The van der Waals surface area contributed by atoms with Gasteiger partial charge in [-0.25, -0.2) is 0 Å². The number of hydrogen-bond acceptors (Lipinski definition) is 2. The van der Waals surface area contributed by atoms with E-state index >= 15 is 0 Å². The number of benzene rings is 1. The highest BCUT2D eigenvalue weighted by Gasteiger charge is 2.38. The molecule has 0 saturated heterocycles. The molecule has 3 nitrogen and oxygen atoms in total. The first-order valence-corrected chi connectivity index (χ1v) is 7.46. The van der Waals surface area contributed by atoms with Crippen LogP contribution in [0.15, 0.2) is 18.2 Å². The molecule has 20 heavy (non-hydrogen) atoms. The van der Waals surface area contributed by atoms with E-state index in [9.17, 15) is 4.79 Å². The lowest BCUT2D eigenvalue weighted by Gasteiger charge is -2.35. The lowest BCUT2D eigenvalue weighted by atomic mass is 9.86. The average molecular weight is 271 g/mol. The molecular weight excluding hydrogens is 250 g/mol. The molecule has 1 atom stereocenters. The monoisotopic (exact) mass is 271 g/mol. The molecule has 0 saturated carbocycles. The van der Waals surface area contributed by atoms with Gasteiger partial charge in [-0.3, -0.25) is 0 Å². The van der Waals surface area contributed by atoms with Gasteiger partial charge in [0.25, 0.3) is 0 Å². The standard InChI is InChI=1S/C17H21NO2/c1-3-12-6-5-7-13-14-8-11-20-17(4-2,9-10-19)16(14)18-15(12)13/h5-7,10,18H,3-4,8-9,11H2,1-2H3. The van der Waals surface area contributed by atoms with Crippen molar-refractivity contribution in [2.75, 3.05) is 6.61 Å². The number of carbonyl (C=O) groups excluding carboxylic acids is 1. The van der Waals surface area contributed by atoms with E-state index in [0.717, 1.165) is 31.2 Å². The quantitative estimate of drug-likeness (QED) is 0.865. The summed E-state index contributed by atoms with van der Waals surface area (Å²) >= 11 is 0. The maximum Gasteiger partial charge on any atom is 0.123 e. The van der Waals surface area contributed by atoms with Crippen LogP contribution in [0.25, 0.3) is 10.9 Å². The average Bonchev–Trinajstić information content (AvgIpc) is 2.87. The molecule has 3 rings (SSSR count). The number of hydrogen-bond donors (Lipinski definition) is 1. The van der Waals surface area contributed by atoms with Crippen molar-refractivity contribution in [2.45, 2.75) is 45.1 Å². The van der Waals surface area contributed by atoms with Gasteiger partial charge < -0.3 is 14.5 Å². The minimum absolute atomic E-state index is 0.421. The zero-order valence-electron chi connectivity index (χ0n) is 12.2. The van der Waals surface area contributed by atoms with E-state index in [0.29, 0.717) is 13.0 Å². The van der Waals surface area contributed by atoms with Crippen molar-refractivity contribution in [3.8, 4) is 0 Å². The van der Waals surface area contributed by atoms with E-state index in [1.807, 2.05) is 0 Å². The van der Waals surface area contributed by atoms with Crippen molar-refractivity contribution in [3.63, 3.8) is 0 Å². The second-order valence-electron chi connectivity index (χ2n) is 5.49. The van der Waals surface area contributed by atoms with Gasteiger partial charge in [0.2, 0.25) is 0 Å². The van der Waals surface area contributed by atoms with Crippen LogP contribution in [0.2, 0.25) is 0 Å². The number of ether oxygens (including phenoxy) is 1. The zero-order valence-corrected chi connectivity index (χ0v) is 12.2. The van der Waals surface area contributed by atoms with Crippen LogP contribution in [-0.2, 0) is 28.0 Å². The first kappa shape index (κ1) is 13.4. The first-order chi connectivity index (χ1) is 9.75. The Kier molecular flexibility index (Phi) is 3.38. The Labute approximate surface area is 119 Å². The second-order valence-corrected chi connectivity index (χ2v) is 5.49. The molecule has 1 aromatic heterocycles. The van der Waals surface area contributed by atoms with Gasteiger partial charge in [-0.15, -0.1) is 0 Å². The van der Waals surface area contributed by atoms with Gasteiger partial charge in [0, 0.05) is 17.3 Å². The number of rotatable bonds is 4. The zero-order chi connectivity index (χ0) is 14.2. The Balaban J connectivity index is 2.26. The van der Waals surface area contributed by atoms with Gasteiger partial charge in [0.05, 0.1) is 12.3 Å². The lowest BCUT2D eigenvalue weighted by Crippen LogP contribution is -2.35. The Morgan fingerprint density at radius 1 is 1.40 bits per heavy atom. The van der Waals surface area contributed by atoms with Crippen LogP contribution in [0, 0.1) is 0 Å². The topological polar surface area (TPSA) is 42.1 Å². The van der Waals surface area contributed by atoms with Crippen LogP contribution in [0.3, 0.4) is 0 Å². The van der Waals surface area contributed by atoms with Crippen molar-refractivity contribution < 1.29 is 9.53 Å². The van der Waals surface area contributed by atoms with Crippen molar-refractivity contribution >= 4 is 17.2 Å². The highest BCUT2D eigenvalue weighted by Crippen LogP contribution is 2.41. The van der Waals surface area contributed by atoms with Gasteiger partial charge in [0.15, 0.2) is 0 Å². The molecule has 0 aliphatic carbocycles. The Morgan fingerprint density at radius 3 is 2.95 bits per heavy atom. The van der Waals surface area contributed by atoms with E-state index in [4.69, 9.17) is 4.74 Å². The molecule has 106 valence electrons. The van der Waals surface area contributed by atoms with Crippen molar-refractivity contribution in [2.24, 2.45) is 0 Å². The van der Waals surface area contributed by atoms with Crippen molar-refractivity contribution in [1.82, 2.24) is 4.98 Å². The molecular formula is C17H21NO2. The maximum atomic E-state index is 11.1. The van der Waals surface area contributed by atoms with E-state index in [1.165, 1.54) is 22.0 Å². The summed E-state index contributed by atoms with van der Waals surface area (Å²) in [6.07, 6.45) is 4.14. The minimum atomic E-state index is -0.459. The van der Waals surface area contributed by atoms with Crippen molar-refractivity contribution in [1.29, 1.82) is 0 Å². The number of aromatic amines is 1. The first-order valence-electron chi connectivity index (χ1n) is 7.46. The molecule has 1 unspecified atom stereocenters. The molecule has 1 aliphatic heterocycles. The summed E-state index contributed by atoms with van der Waals surface area (Å²) in [5, 5.41) is 1.30. The van der Waals surface area contributed by atoms with Crippen LogP contribution in [0.4, 0.5) is 0 Å². The van der Waals surface area contributed by atoms with E-state index in [1.54, 1.807) is 0 Å². The summed E-state index contributed by atoms with van der Waals surface area (Å²) in [5.74, 6) is 0. The molecule has 0 radical (unpaired) electrons. The summed E-state index contributed by atoms with van der Waals surface area (Å²) in [6.45, 7) is 4.95. The highest BCUT2D eigenvalue weighted by molar-refractivity contribution is 5.88. The third-order valence-electron chi connectivity index (χ3n) is 4.58. The van der Waals surface area contributed by atoms with E-state index < -0.39 is 5.60 Å². The van der Waals surface area contributed by atoms with Crippen LogP contribution in [0.5, 0.6) is 0 Å². The van der Waals surface area contributed by atoms with Gasteiger partial charge in [-0.05, 0) is 30.4 Å². The number of fused-ring (bicyclic) bond motifs is 3. The normalized spacial score (nSPS) is 21.9. The maximum absolute atomic E-state index is 11.1. The van der Waals surface area contributed by atoms with E-state index in [-0.39, 0.29) is 0 Å². The number of carbonyl (C=O) groups is 1. The third-order valence-corrected chi connectivity index (χ3v) is 4.58. The molecule has 1 aliphatic rings. The van der Waals surface area contributed by atoms with Gasteiger partial charge in [-0.1, -0.05) is 32.0 Å². The number of para-hydroxylation sites is 1. The predicted octanol–water partition coefficient (Wildman–Crippen LogP) is 3.50. The Morgan fingerprint density at radius 2 is 2.25 bits per heavy atom. The molecule has 0 fully saturated rings. The number of H-pyrrole nitrogens is 1. The second kappa shape index (κ2) is 5.06. The van der Waals surface area contributed by atoms with Crippen LogP contribution in [-0.4, -0.2) is 17.9 Å². The summed E-state index contributed by atoms with van der Waals surface area (Å²) in [7, 11) is 0. The van der Waals surface area contributed by atoms with Gasteiger partial charge in [0.1, 0.15) is 11.9 Å². The van der Waals surface area contributed by atoms with E-state index in [2.05, 4.69) is 37.0 Å². The number of nitrogens with one attached hydrogen (secondary N) is 1. The third kappa shape index (κ3) is 1.80. The molecule has 2 heterocycles. The van der Waals surface area contributed by atoms with Crippen LogP contribution >= 0.6 is 0 Å². The molecule has 3 heteroatoms. The molecule has 1 N–H and O–H groups in total. The fraction of sp³-hybridized carbons (Fsp3) is 0.471. The van der Waals surface area contributed by atoms with Gasteiger partial charge >= 0.3 is 0 Å². The van der Waals surface area contributed by atoms with Crippen molar-refractivity contribution in [3.05, 3.63) is 35.0 Å². The van der Waals surface area contributed by atoms with Gasteiger partial charge in [-0.2, -0.15) is 0 Å². The Bertz CT molecular complexity index is 644. The fourth-order valence-electron chi connectivity index (χ4n) is 3.42. The fourth-order valence-corrected chi connectivity index (χ4v) is 3.42. The molecule has 1 aromatic carbocycles. The lowest BCUT2D eigenvalue weighted by molar-refractivity contribution is -0.119. The molecule has 2 aromatic rings. The highest BCUT2D eigenvalue weighted by atomic mass is 16.5. The molecule has 0 bridgehead atoms. The summed E-state index contributed by atoms with van der Waals surface area (Å²) < 4.78 is 6.02. The number of aryl methyl sites for hydroxylation is 1. The smallest absolute Gasteiger partial charge is 0.123 e. The molecule has 0 spiro atoms. The molecule has 0 amide bonds. The number of aldehydes is 1. The predicted molar refractivity (Wildman–Crippen MR) is 80.0 cm³/mol. The largest absolute Gasteiger partial charge is 0.368 e. The summed E-state index contributed by atoms with van der Waals surface area (Å²) in [5.41, 5.74) is 4.54. The Hall–Kier alpha value is -1.61. The van der Waals surface area contributed by atoms with Crippen LogP contribution in [0.1, 0.15) is 43.5 Å². The van der Waals surface area contributed by atoms with Crippen LogP contribution < -0.4 is 0 Å². The summed E-state index contributed by atoms with van der Waals surface area (Å²) in [6, 6.07) is 6.47. The summed E-state index contributed by atoms with van der Waals surface area (Å²) in [4.78, 5) is 14.7. The minimum Gasteiger partial charge on any atom is -0.368 e. The SMILES string of the molecule is CCc1cccc2c3c([nH]c12)C(CC)(CC=O)OCC3. The number of aromatic nitrogens is 1.